The lowest BCUT2D eigenvalue weighted by molar-refractivity contribution is 0.0237. The molecule has 5 nitrogen and oxygen atoms in total. The Hall–Kier alpha value is -0.630. The van der Waals surface area contributed by atoms with Gasteiger partial charge in [-0.1, -0.05) is 25.4 Å². The van der Waals surface area contributed by atoms with E-state index in [0.29, 0.717) is 0 Å². The highest BCUT2D eigenvalue weighted by atomic mass is 79.9. The van der Waals surface area contributed by atoms with Gasteiger partial charge < -0.3 is 4.74 Å². The zero-order chi connectivity index (χ0) is 15.7. The van der Waals surface area contributed by atoms with Gasteiger partial charge in [0, 0.05) is 0 Å². The molecule has 0 amide bonds. The molecule has 0 spiro atoms. The van der Waals surface area contributed by atoms with Crippen LogP contribution in [0.15, 0.2) is 21.5 Å². The van der Waals surface area contributed by atoms with E-state index in [4.69, 9.17) is 21.5 Å². The van der Waals surface area contributed by atoms with E-state index < -0.39 is 16.0 Å². The number of carbonyl (C=O) groups excluding carboxylic acids is 1. The molecule has 0 radical (unpaired) electrons. The Morgan fingerprint density at radius 3 is 2.35 bits per heavy atom. The summed E-state index contributed by atoms with van der Waals surface area (Å²) in [6.45, 7) is 5.56. The molecule has 0 heterocycles. The van der Waals surface area contributed by atoms with Crippen LogP contribution in [-0.2, 0) is 14.8 Å². The number of ether oxygens (including phenoxy) is 1. The summed E-state index contributed by atoms with van der Waals surface area (Å²) in [5, 5.41) is 5.15. The summed E-state index contributed by atoms with van der Waals surface area (Å²) in [7, 11) is -4.00. The number of sulfonamides is 1. The molecule has 1 aromatic rings. The molecule has 0 aromatic heterocycles. The van der Waals surface area contributed by atoms with Crippen LogP contribution >= 0.6 is 27.5 Å². The van der Waals surface area contributed by atoms with E-state index in [0.717, 1.165) is 6.07 Å². The van der Waals surface area contributed by atoms with Gasteiger partial charge in [-0.15, -0.1) is 0 Å². The molecule has 112 valence electrons. The first kappa shape index (κ1) is 17.4. The molecule has 0 aliphatic heterocycles. The van der Waals surface area contributed by atoms with Crippen LogP contribution in [0.5, 0.6) is 0 Å². The van der Waals surface area contributed by atoms with Crippen LogP contribution < -0.4 is 5.14 Å². The Labute approximate surface area is 131 Å². The van der Waals surface area contributed by atoms with Crippen molar-refractivity contribution in [2.45, 2.75) is 31.8 Å². The number of nitrogens with two attached hydrogens (primary N) is 1. The average molecular weight is 385 g/mol. The Bertz CT molecular complexity index is 631. The van der Waals surface area contributed by atoms with Crippen LogP contribution in [0.3, 0.4) is 0 Å². The summed E-state index contributed by atoms with van der Waals surface area (Å²) in [5.41, 5.74) is 0.0368. The minimum absolute atomic E-state index is 0.0368. The number of rotatable bonds is 4. The fourth-order valence-electron chi connectivity index (χ4n) is 1.26. The fraction of sp³-hybridized carbons (Fsp3) is 0.417. The van der Waals surface area contributed by atoms with Crippen LogP contribution in [0.1, 0.15) is 31.1 Å². The first-order valence-corrected chi connectivity index (χ1v) is 8.48. The molecule has 1 rings (SSSR count). The maximum atomic E-state index is 12.0. The van der Waals surface area contributed by atoms with Gasteiger partial charge in [0.15, 0.2) is 0 Å². The highest BCUT2D eigenvalue weighted by Crippen LogP contribution is 2.31. The molecule has 1 aromatic carbocycles. The van der Waals surface area contributed by atoms with Crippen LogP contribution in [0.4, 0.5) is 0 Å². The fourth-order valence-corrected chi connectivity index (χ4v) is 3.09. The van der Waals surface area contributed by atoms with Crippen LogP contribution in [-0.4, -0.2) is 20.5 Å². The highest BCUT2D eigenvalue weighted by Gasteiger charge is 2.21. The van der Waals surface area contributed by atoms with Gasteiger partial charge >= 0.3 is 5.97 Å². The molecule has 0 saturated carbocycles. The second-order valence-electron chi connectivity index (χ2n) is 4.67. The zero-order valence-corrected chi connectivity index (χ0v) is 14.3. The molecular formula is C12H15BrClNO4S. The van der Waals surface area contributed by atoms with E-state index in [-0.39, 0.29) is 32.0 Å². The minimum atomic E-state index is -4.00. The zero-order valence-electron chi connectivity index (χ0n) is 11.2. The molecule has 20 heavy (non-hydrogen) atoms. The van der Waals surface area contributed by atoms with E-state index in [9.17, 15) is 13.2 Å². The van der Waals surface area contributed by atoms with E-state index >= 15 is 0 Å². The Morgan fingerprint density at radius 1 is 1.35 bits per heavy atom. The summed E-state index contributed by atoms with van der Waals surface area (Å²) in [4.78, 5) is 11.7. The van der Waals surface area contributed by atoms with Crippen molar-refractivity contribution >= 4 is 43.5 Å². The molecule has 1 unspecified atom stereocenters. The summed E-state index contributed by atoms with van der Waals surface area (Å²) in [6.07, 6.45) is -0.303. The Morgan fingerprint density at radius 2 is 1.90 bits per heavy atom. The first-order chi connectivity index (χ1) is 9.04. The second-order valence-corrected chi connectivity index (χ2v) is 7.40. The SMILES string of the molecule is CC(C)C(C)OC(=O)c1cc(Cl)c(Br)c(S(N)(=O)=O)c1. The van der Waals surface area contributed by atoms with E-state index in [2.05, 4.69) is 15.9 Å². The van der Waals surface area contributed by atoms with Gasteiger partial charge in [-0.3, -0.25) is 0 Å². The molecule has 0 aliphatic carbocycles. The monoisotopic (exact) mass is 383 g/mol. The average Bonchev–Trinajstić information content (AvgIpc) is 2.30. The number of primary sulfonamides is 1. The number of carbonyl (C=O) groups is 1. The summed E-state index contributed by atoms with van der Waals surface area (Å²) in [6, 6.07) is 2.47. The third-order valence-electron chi connectivity index (χ3n) is 2.77. The highest BCUT2D eigenvalue weighted by molar-refractivity contribution is 9.10. The Kier molecular flexibility index (Phi) is 5.60. The first-order valence-electron chi connectivity index (χ1n) is 5.77. The molecule has 8 heteroatoms. The maximum absolute atomic E-state index is 12.0. The van der Waals surface area contributed by atoms with Crippen molar-refractivity contribution in [3.8, 4) is 0 Å². The van der Waals surface area contributed by atoms with Gasteiger partial charge in [0.25, 0.3) is 0 Å². The van der Waals surface area contributed by atoms with Crippen molar-refractivity contribution in [2.75, 3.05) is 0 Å². The summed E-state index contributed by atoms with van der Waals surface area (Å²) < 4.78 is 28.2. The molecule has 0 saturated heterocycles. The number of esters is 1. The van der Waals surface area contributed by atoms with Gasteiger partial charge in [-0.05, 0) is 40.9 Å². The molecule has 0 aliphatic rings. The normalized spacial score (nSPS) is 13.3. The topological polar surface area (TPSA) is 86.5 Å². The number of hydrogen-bond acceptors (Lipinski definition) is 4. The predicted molar refractivity (Wildman–Crippen MR) is 80.2 cm³/mol. The van der Waals surface area contributed by atoms with E-state index in [1.54, 1.807) is 6.92 Å². The van der Waals surface area contributed by atoms with Crippen LogP contribution in [0, 0.1) is 5.92 Å². The van der Waals surface area contributed by atoms with Gasteiger partial charge in [0.1, 0.15) is 6.10 Å². The van der Waals surface area contributed by atoms with Crippen LogP contribution in [0.25, 0.3) is 0 Å². The van der Waals surface area contributed by atoms with E-state index in [1.807, 2.05) is 13.8 Å². The largest absolute Gasteiger partial charge is 0.459 e. The Balaban J connectivity index is 3.21. The van der Waals surface area contributed by atoms with Gasteiger partial charge in [-0.25, -0.2) is 18.4 Å². The van der Waals surface area contributed by atoms with Crippen molar-refractivity contribution < 1.29 is 17.9 Å². The van der Waals surface area contributed by atoms with Gasteiger partial charge in [-0.2, -0.15) is 0 Å². The molecule has 1 atom stereocenters. The standard InChI is InChI=1S/C12H15BrClNO4S/c1-6(2)7(3)19-12(16)8-4-9(14)11(13)10(5-8)20(15,17)18/h4-7H,1-3H3,(H2,15,17,18). The third-order valence-corrected chi connectivity index (χ3v) is 5.35. The number of halogens is 2. The summed E-state index contributed by atoms with van der Waals surface area (Å²) >= 11 is 8.92. The lowest BCUT2D eigenvalue weighted by atomic mass is 10.1. The number of benzene rings is 1. The lowest BCUT2D eigenvalue weighted by Crippen LogP contribution is -2.21. The molecule has 0 fully saturated rings. The smallest absolute Gasteiger partial charge is 0.338 e. The predicted octanol–water partition coefficient (Wildman–Crippen LogP) is 2.95. The van der Waals surface area contributed by atoms with E-state index in [1.165, 1.54) is 6.07 Å². The van der Waals surface area contributed by atoms with Crippen molar-refractivity contribution in [3.05, 3.63) is 27.2 Å². The molecular weight excluding hydrogens is 370 g/mol. The van der Waals surface area contributed by atoms with Gasteiger partial charge in [0.05, 0.1) is 20.0 Å². The maximum Gasteiger partial charge on any atom is 0.338 e. The van der Waals surface area contributed by atoms with Crippen molar-refractivity contribution in [3.63, 3.8) is 0 Å². The minimum Gasteiger partial charge on any atom is -0.459 e. The third kappa shape index (κ3) is 4.18. The van der Waals surface area contributed by atoms with Crippen molar-refractivity contribution in [2.24, 2.45) is 11.1 Å². The lowest BCUT2D eigenvalue weighted by Gasteiger charge is -2.17. The van der Waals surface area contributed by atoms with Crippen LogP contribution in [0.2, 0.25) is 5.02 Å². The number of hydrogen-bond donors (Lipinski definition) is 1. The second kappa shape index (κ2) is 6.43. The quantitative estimate of drug-likeness (QED) is 0.809. The van der Waals surface area contributed by atoms with Crippen molar-refractivity contribution in [1.82, 2.24) is 0 Å². The molecule has 2 N–H and O–H groups in total. The summed E-state index contributed by atoms with van der Waals surface area (Å²) in [5.74, 6) is -0.506. The molecule has 0 bridgehead atoms. The van der Waals surface area contributed by atoms with Gasteiger partial charge in [0.2, 0.25) is 10.0 Å². The van der Waals surface area contributed by atoms with Crippen molar-refractivity contribution in [1.29, 1.82) is 0 Å².